The third kappa shape index (κ3) is 6.58. The van der Waals surface area contributed by atoms with Crippen molar-refractivity contribution in [3.8, 4) is 0 Å². The molecule has 6 fully saturated rings. The van der Waals surface area contributed by atoms with Gasteiger partial charge in [0.2, 0.25) is 12.6 Å². The van der Waals surface area contributed by atoms with E-state index in [0.29, 0.717) is 29.2 Å². The van der Waals surface area contributed by atoms with Crippen molar-refractivity contribution in [2.24, 2.45) is 46.3 Å². The lowest BCUT2D eigenvalue weighted by atomic mass is 9.68. The molecule has 1 N–H and O–H groups in total. The van der Waals surface area contributed by atoms with Gasteiger partial charge in [-0.15, -0.1) is 0 Å². The molecule has 0 aromatic carbocycles. The number of carboxylic acid groups (broad SMARTS) is 1. The van der Waals surface area contributed by atoms with E-state index in [9.17, 15) is 14.4 Å². The van der Waals surface area contributed by atoms with Crippen LogP contribution in [0.15, 0.2) is 24.3 Å². The lowest BCUT2D eigenvalue weighted by Gasteiger charge is -2.37. The van der Waals surface area contributed by atoms with Gasteiger partial charge in [-0.05, 0) is 87.9 Å². The van der Waals surface area contributed by atoms with E-state index < -0.39 is 5.97 Å². The molecule has 41 heavy (non-hydrogen) atoms. The lowest BCUT2D eigenvalue weighted by molar-refractivity contribution is -0.188. The molecule has 6 rings (SSSR count). The molecule has 10 atom stereocenters. The van der Waals surface area contributed by atoms with Gasteiger partial charge >= 0.3 is 17.9 Å². The van der Waals surface area contributed by atoms with Crippen molar-refractivity contribution in [1.82, 2.24) is 0 Å². The summed E-state index contributed by atoms with van der Waals surface area (Å²) in [5.74, 6) is 2.73. The number of rotatable bonds is 4. The SMILES string of the molecule is C.C=C(C)C(=O)O.C=C(C)C(=O)OC1OCC2C3CC[C@@H](C3)[C@]12C.CC.CC(=O)OC1OCC2C3CC[C@@H](C3)[C@]12C. The summed E-state index contributed by atoms with van der Waals surface area (Å²) < 4.78 is 22.2. The maximum absolute atomic E-state index is 11.6. The molecule has 4 aliphatic carbocycles. The van der Waals surface area contributed by atoms with Gasteiger partial charge in [-0.1, -0.05) is 48.3 Å². The Hall–Kier alpha value is -2.19. The Bertz CT molecular complexity index is 978. The molecule has 8 nitrogen and oxygen atoms in total. The summed E-state index contributed by atoms with van der Waals surface area (Å²) in [5.41, 5.74) is 0.779. The van der Waals surface area contributed by atoms with Crippen LogP contribution >= 0.6 is 0 Å². The zero-order chi connectivity index (χ0) is 30.0. The molecule has 6 unspecified atom stereocenters. The van der Waals surface area contributed by atoms with E-state index in [2.05, 4.69) is 27.0 Å². The van der Waals surface area contributed by atoms with Crippen LogP contribution < -0.4 is 0 Å². The number of carbonyl (C=O) groups excluding carboxylic acids is 2. The van der Waals surface area contributed by atoms with Crippen LogP contribution in [0.5, 0.6) is 0 Å². The fourth-order valence-corrected chi connectivity index (χ4v) is 8.29. The predicted molar refractivity (Wildman–Crippen MR) is 158 cm³/mol. The monoisotopic (exact) mass is 578 g/mol. The first-order valence-corrected chi connectivity index (χ1v) is 15.0. The summed E-state index contributed by atoms with van der Waals surface area (Å²) in [7, 11) is 0. The first-order chi connectivity index (χ1) is 18.8. The average Bonchev–Trinajstić information content (AvgIpc) is 3.72. The zero-order valence-corrected chi connectivity index (χ0v) is 25.5. The Balaban J connectivity index is 0.000000226. The fraction of sp³-hybridized carbons (Fsp3) is 0.788. The van der Waals surface area contributed by atoms with Crippen molar-refractivity contribution in [2.75, 3.05) is 13.2 Å². The molecule has 0 radical (unpaired) electrons. The highest BCUT2D eigenvalue weighted by atomic mass is 16.7. The summed E-state index contributed by atoms with van der Waals surface area (Å²) in [6, 6.07) is 0. The maximum atomic E-state index is 11.6. The molecule has 0 amide bonds. The van der Waals surface area contributed by atoms with Crippen molar-refractivity contribution >= 4 is 17.9 Å². The van der Waals surface area contributed by atoms with E-state index in [1.165, 1.54) is 52.4 Å². The quantitative estimate of drug-likeness (QED) is 0.287. The Morgan fingerprint density at radius 1 is 0.756 bits per heavy atom. The van der Waals surface area contributed by atoms with E-state index in [4.69, 9.17) is 24.1 Å². The lowest BCUT2D eigenvalue weighted by Crippen LogP contribution is -2.41. The van der Waals surface area contributed by atoms with E-state index in [1.54, 1.807) is 6.92 Å². The number of hydrogen-bond acceptors (Lipinski definition) is 7. The highest BCUT2D eigenvalue weighted by molar-refractivity contribution is 5.87. The molecule has 0 aromatic rings. The molecular weight excluding hydrogens is 524 g/mol. The topological polar surface area (TPSA) is 108 Å². The van der Waals surface area contributed by atoms with Gasteiger partial charge in [0, 0.05) is 28.9 Å². The number of carboxylic acids is 1. The second-order valence-electron chi connectivity index (χ2n) is 12.7. The van der Waals surface area contributed by atoms with E-state index >= 15 is 0 Å². The Morgan fingerprint density at radius 3 is 1.49 bits per heavy atom. The van der Waals surface area contributed by atoms with Gasteiger partial charge in [-0.2, -0.15) is 0 Å². The van der Waals surface area contributed by atoms with E-state index in [1.807, 2.05) is 13.8 Å². The Morgan fingerprint density at radius 2 is 1.15 bits per heavy atom. The van der Waals surface area contributed by atoms with Crippen LogP contribution in [0.3, 0.4) is 0 Å². The average molecular weight is 579 g/mol. The van der Waals surface area contributed by atoms with Crippen LogP contribution in [0.4, 0.5) is 0 Å². The molecule has 8 heteroatoms. The third-order valence-electron chi connectivity index (χ3n) is 10.5. The van der Waals surface area contributed by atoms with Crippen molar-refractivity contribution in [1.29, 1.82) is 0 Å². The summed E-state index contributed by atoms with van der Waals surface area (Å²) in [6.07, 6.45) is 7.22. The number of hydrogen-bond donors (Lipinski definition) is 1. The minimum Gasteiger partial charge on any atom is -0.478 e. The summed E-state index contributed by atoms with van der Waals surface area (Å²) in [6.45, 7) is 21.4. The Kier molecular flexibility index (Phi) is 11.8. The van der Waals surface area contributed by atoms with Crippen LogP contribution in [0.1, 0.15) is 94.4 Å². The first-order valence-electron chi connectivity index (χ1n) is 15.0. The molecular formula is C33H54O8. The highest BCUT2D eigenvalue weighted by Gasteiger charge is 2.65. The smallest absolute Gasteiger partial charge is 0.335 e. The molecule has 4 saturated carbocycles. The molecule has 2 saturated heterocycles. The van der Waals surface area contributed by atoms with Crippen LogP contribution in [0.2, 0.25) is 0 Å². The van der Waals surface area contributed by atoms with Crippen molar-refractivity contribution in [3.05, 3.63) is 24.3 Å². The third-order valence-corrected chi connectivity index (χ3v) is 10.5. The molecule has 2 heterocycles. The highest BCUT2D eigenvalue weighted by Crippen LogP contribution is 2.65. The van der Waals surface area contributed by atoms with E-state index in [-0.39, 0.29) is 48.3 Å². The molecule has 0 aromatic heterocycles. The minimum atomic E-state index is -0.935. The van der Waals surface area contributed by atoms with Gasteiger partial charge in [0.25, 0.3) is 0 Å². The number of aliphatic carboxylic acids is 1. The number of carbonyl (C=O) groups is 3. The van der Waals surface area contributed by atoms with Crippen LogP contribution in [-0.2, 0) is 33.3 Å². The van der Waals surface area contributed by atoms with E-state index in [0.717, 1.165) is 25.0 Å². The molecule has 0 spiro atoms. The van der Waals surface area contributed by atoms with Crippen LogP contribution in [0, 0.1) is 46.3 Å². The van der Waals surface area contributed by atoms with Gasteiger partial charge in [-0.3, -0.25) is 4.79 Å². The zero-order valence-electron chi connectivity index (χ0n) is 25.5. The number of ether oxygens (including phenoxy) is 4. The Labute approximate surface area is 247 Å². The fourth-order valence-electron chi connectivity index (χ4n) is 8.29. The predicted octanol–water partition coefficient (Wildman–Crippen LogP) is 6.78. The van der Waals surface area contributed by atoms with Crippen LogP contribution in [-0.4, -0.2) is 48.8 Å². The second-order valence-corrected chi connectivity index (χ2v) is 12.7. The molecule has 234 valence electrons. The minimum absolute atomic E-state index is 0. The summed E-state index contributed by atoms with van der Waals surface area (Å²) in [4.78, 5) is 32.3. The first kappa shape index (κ1) is 35.0. The maximum Gasteiger partial charge on any atom is 0.335 e. The second kappa shape index (κ2) is 13.9. The van der Waals surface area contributed by atoms with Crippen molar-refractivity contribution < 1.29 is 38.4 Å². The standard InChI is InChI=1S/C14H20O3.C12H18O3.C4H6O2.C2H6.CH4/c1-8(2)12(15)17-13-14(3)10-5-4-9(6-10)11(14)7-16-13;1-7(13)15-11-12(2)9-4-3-8(5-9)10(12)6-14-11;1-3(2)4(5)6;1-2;/h9-11,13H,1,4-7H2,2-3H3;8-11H,3-6H2,1-2H3;1H2,2H3,(H,5,6);1-2H3;1H4/t9?,10-,11?,13?,14-;8?,9-,10?,11?,12-;;;/m00.../s1. The molecule has 4 bridgehead atoms. The largest absolute Gasteiger partial charge is 0.478 e. The van der Waals surface area contributed by atoms with Crippen molar-refractivity contribution in [3.63, 3.8) is 0 Å². The number of fused-ring (bicyclic) bond motifs is 10. The van der Waals surface area contributed by atoms with Gasteiger partial charge < -0.3 is 24.1 Å². The van der Waals surface area contributed by atoms with Gasteiger partial charge in [0.15, 0.2) is 0 Å². The normalized spacial score (nSPS) is 39.7. The van der Waals surface area contributed by atoms with Crippen LogP contribution in [0.25, 0.3) is 0 Å². The van der Waals surface area contributed by atoms with Gasteiger partial charge in [0.1, 0.15) is 0 Å². The summed E-state index contributed by atoms with van der Waals surface area (Å²) in [5, 5.41) is 7.89. The van der Waals surface area contributed by atoms with Gasteiger partial charge in [-0.25, -0.2) is 9.59 Å². The van der Waals surface area contributed by atoms with Gasteiger partial charge in [0.05, 0.1) is 13.2 Å². The molecule has 6 aliphatic rings. The van der Waals surface area contributed by atoms with Crippen molar-refractivity contribution in [2.45, 2.75) is 107 Å². The number of esters is 2. The summed E-state index contributed by atoms with van der Waals surface area (Å²) >= 11 is 0. The molecule has 2 aliphatic heterocycles.